The molecule has 0 atom stereocenters. The van der Waals surface area contributed by atoms with E-state index in [1.807, 2.05) is 13.8 Å². The van der Waals surface area contributed by atoms with E-state index in [1.54, 1.807) is 55.6 Å². The van der Waals surface area contributed by atoms with Crippen LogP contribution in [0.3, 0.4) is 0 Å². The fourth-order valence-corrected chi connectivity index (χ4v) is 2.09. The Bertz CT molecular complexity index is 711. The van der Waals surface area contributed by atoms with Crippen molar-refractivity contribution in [3.8, 4) is 5.75 Å². The second-order valence-corrected chi connectivity index (χ2v) is 5.36. The molecule has 0 spiro atoms. The molecule has 0 aliphatic rings. The Labute approximate surface area is 135 Å². The van der Waals surface area contributed by atoms with Gasteiger partial charge in [0.05, 0.1) is 18.4 Å². The van der Waals surface area contributed by atoms with Gasteiger partial charge in [-0.05, 0) is 44.2 Å². The van der Waals surface area contributed by atoms with Crippen LogP contribution in [-0.2, 0) is 0 Å². The van der Waals surface area contributed by atoms with E-state index in [9.17, 15) is 9.59 Å². The van der Waals surface area contributed by atoms with Crippen molar-refractivity contribution in [2.75, 3.05) is 12.4 Å². The standard InChI is InChI=1S/C18H20N2O3/c1-12(2)19-18(22)15-9-4-5-10-16(15)20-17(21)13-7-6-8-14(11-13)23-3/h4-12H,1-3H3,(H,19,22)(H,20,21). The topological polar surface area (TPSA) is 67.4 Å². The summed E-state index contributed by atoms with van der Waals surface area (Å²) in [4.78, 5) is 24.6. The van der Waals surface area contributed by atoms with E-state index >= 15 is 0 Å². The monoisotopic (exact) mass is 312 g/mol. The zero-order valence-electron chi connectivity index (χ0n) is 13.4. The van der Waals surface area contributed by atoms with Crippen molar-refractivity contribution in [1.82, 2.24) is 5.32 Å². The average molecular weight is 312 g/mol. The molecule has 120 valence electrons. The molecule has 0 radical (unpaired) electrons. The molecular weight excluding hydrogens is 292 g/mol. The van der Waals surface area contributed by atoms with Gasteiger partial charge < -0.3 is 15.4 Å². The minimum absolute atomic E-state index is 0.0182. The van der Waals surface area contributed by atoms with Crippen molar-refractivity contribution in [1.29, 1.82) is 0 Å². The van der Waals surface area contributed by atoms with Gasteiger partial charge >= 0.3 is 0 Å². The third kappa shape index (κ3) is 4.32. The third-order valence-electron chi connectivity index (χ3n) is 3.17. The number of hydrogen-bond acceptors (Lipinski definition) is 3. The first-order valence-corrected chi connectivity index (χ1v) is 7.36. The maximum Gasteiger partial charge on any atom is 0.255 e. The minimum atomic E-state index is -0.298. The Morgan fingerprint density at radius 2 is 1.74 bits per heavy atom. The highest BCUT2D eigenvalue weighted by atomic mass is 16.5. The molecule has 0 aliphatic carbocycles. The highest BCUT2D eigenvalue weighted by molar-refractivity contribution is 6.09. The number of rotatable bonds is 5. The maximum absolute atomic E-state index is 12.4. The SMILES string of the molecule is COc1cccc(C(=O)Nc2ccccc2C(=O)NC(C)C)c1. The van der Waals surface area contributed by atoms with Crippen LogP contribution in [-0.4, -0.2) is 25.0 Å². The van der Waals surface area contributed by atoms with Gasteiger partial charge in [0.25, 0.3) is 11.8 Å². The molecule has 0 saturated heterocycles. The number of hydrogen-bond donors (Lipinski definition) is 2. The molecule has 0 fully saturated rings. The maximum atomic E-state index is 12.4. The molecule has 2 rings (SSSR count). The number of para-hydroxylation sites is 1. The summed E-state index contributed by atoms with van der Waals surface area (Å²) in [7, 11) is 1.54. The van der Waals surface area contributed by atoms with Gasteiger partial charge in [0.15, 0.2) is 0 Å². The average Bonchev–Trinajstić information content (AvgIpc) is 2.54. The summed E-state index contributed by atoms with van der Waals surface area (Å²) in [5, 5.41) is 5.60. The van der Waals surface area contributed by atoms with Gasteiger partial charge in [0.2, 0.25) is 0 Å². The number of carbonyl (C=O) groups is 2. The summed E-state index contributed by atoms with van der Waals surface area (Å²) in [6, 6.07) is 13.8. The fourth-order valence-electron chi connectivity index (χ4n) is 2.09. The van der Waals surface area contributed by atoms with Crippen molar-refractivity contribution in [2.45, 2.75) is 19.9 Å². The molecule has 0 aromatic heterocycles. The third-order valence-corrected chi connectivity index (χ3v) is 3.17. The first kappa shape index (κ1) is 16.5. The Morgan fingerprint density at radius 1 is 1.00 bits per heavy atom. The summed E-state index contributed by atoms with van der Waals surface area (Å²) in [6.45, 7) is 3.77. The second-order valence-electron chi connectivity index (χ2n) is 5.36. The lowest BCUT2D eigenvalue weighted by Crippen LogP contribution is -2.31. The summed E-state index contributed by atoms with van der Waals surface area (Å²) in [6.07, 6.45) is 0. The molecule has 2 amide bonds. The number of methoxy groups -OCH3 is 1. The predicted molar refractivity (Wildman–Crippen MR) is 90.0 cm³/mol. The summed E-state index contributed by atoms with van der Waals surface area (Å²) < 4.78 is 5.12. The van der Waals surface area contributed by atoms with Crippen LogP contribution in [0.4, 0.5) is 5.69 Å². The Balaban J connectivity index is 2.22. The fraction of sp³-hybridized carbons (Fsp3) is 0.222. The van der Waals surface area contributed by atoms with Gasteiger partial charge in [-0.3, -0.25) is 9.59 Å². The zero-order valence-corrected chi connectivity index (χ0v) is 13.4. The van der Waals surface area contributed by atoms with Crippen molar-refractivity contribution in [3.05, 3.63) is 59.7 Å². The second kappa shape index (κ2) is 7.45. The number of anilines is 1. The van der Waals surface area contributed by atoms with Crippen LogP contribution in [0.15, 0.2) is 48.5 Å². The van der Waals surface area contributed by atoms with Gasteiger partial charge in [0, 0.05) is 11.6 Å². The molecule has 5 nitrogen and oxygen atoms in total. The van der Waals surface area contributed by atoms with Gasteiger partial charge in [-0.2, -0.15) is 0 Å². The van der Waals surface area contributed by atoms with Crippen molar-refractivity contribution < 1.29 is 14.3 Å². The molecule has 5 heteroatoms. The molecule has 2 N–H and O–H groups in total. The summed E-state index contributed by atoms with van der Waals surface area (Å²) in [5.74, 6) is 0.0822. The van der Waals surface area contributed by atoms with Crippen LogP contribution >= 0.6 is 0 Å². The van der Waals surface area contributed by atoms with Gasteiger partial charge in [0.1, 0.15) is 5.75 Å². The van der Waals surface area contributed by atoms with Crippen LogP contribution in [0.1, 0.15) is 34.6 Å². The molecule has 0 saturated carbocycles. The van der Waals surface area contributed by atoms with E-state index in [4.69, 9.17) is 4.74 Å². The molecular formula is C18H20N2O3. The summed E-state index contributed by atoms with van der Waals surface area (Å²) >= 11 is 0. The van der Waals surface area contributed by atoms with Crippen LogP contribution < -0.4 is 15.4 Å². The molecule has 2 aromatic rings. The lowest BCUT2D eigenvalue weighted by molar-refractivity contribution is 0.0944. The normalized spacial score (nSPS) is 10.3. The van der Waals surface area contributed by atoms with Crippen molar-refractivity contribution in [3.63, 3.8) is 0 Å². The molecule has 0 heterocycles. The summed E-state index contributed by atoms with van der Waals surface area (Å²) in [5.41, 5.74) is 1.36. The Morgan fingerprint density at radius 3 is 2.43 bits per heavy atom. The van der Waals surface area contributed by atoms with Crippen LogP contribution in [0.2, 0.25) is 0 Å². The smallest absolute Gasteiger partial charge is 0.255 e. The van der Waals surface area contributed by atoms with Gasteiger partial charge in [-0.1, -0.05) is 18.2 Å². The largest absolute Gasteiger partial charge is 0.497 e. The van der Waals surface area contributed by atoms with Crippen molar-refractivity contribution >= 4 is 17.5 Å². The highest BCUT2D eigenvalue weighted by Gasteiger charge is 2.14. The van der Waals surface area contributed by atoms with E-state index < -0.39 is 0 Å². The molecule has 23 heavy (non-hydrogen) atoms. The Kier molecular flexibility index (Phi) is 5.36. The van der Waals surface area contributed by atoms with E-state index in [0.29, 0.717) is 22.6 Å². The molecule has 2 aromatic carbocycles. The lowest BCUT2D eigenvalue weighted by Gasteiger charge is -2.13. The number of benzene rings is 2. The van der Waals surface area contributed by atoms with E-state index in [2.05, 4.69) is 10.6 Å². The van der Waals surface area contributed by atoms with Gasteiger partial charge in [-0.25, -0.2) is 0 Å². The van der Waals surface area contributed by atoms with Gasteiger partial charge in [-0.15, -0.1) is 0 Å². The number of carbonyl (C=O) groups excluding carboxylic acids is 2. The van der Waals surface area contributed by atoms with Crippen LogP contribution in [0, 0.1) is 0 Å². The highest BCUT2D eigenvalue weighted by Crippen LogP contribution is 2.18. The van der Waals surface area contributed by atoms with Crippen LogP contribution in [0.5, 0.6) is 5.75 Å². The number of amides is 2. The van der Waals surface area contributed by atoms with Crippen LogP contribution in [0.25, 0.3) is 0 Å². The first-order valence-electron chi connectivity index (χ1n) is 7.36. The quantitative estimate of drug-likeness (QED) is 0.891. The van der Waals surface area contributed by atoms with E-state index in [-0.39, 0.29) is 17.9 Å². The van der Waals surface area contributed by atoms with E-state index in [0.717, 1.165) is 0 Å². The Hall–Kier alpha value is -2.82. The predicted octanol–water partition coefficient (Wildman–Crippen LogP) is 3.09. The molecule has 0 aliphatic heterocycles. The molecule has 0 bridgehead atoms. The number of ether oxygens (including phenoxy) is 1. The minimum Gasteiger partial charge on any atom is -0.497 e. The van der Waals surface area contributed by atoms with E-state index in [1.165, 1.54) is 0 Å². The number of nitrogens with one attached hydrogen (secondary N) is 2. The molecule has 0 unspecified atom stereocenters. The lowest BCUT2D eigenvalue weighted by atomic mass is 10.1. The first-order chi connectivity index (χ1) is 11.0. The zero-order chi connectivity index (χ0) is 16.8. The van der Waals surface area contributed by atoms with Crippen molar-refractivity contribution in [2.24, 2.45) is 0 Å².